The zero-order valence-corrected chi connectivity index (χ0v) is 11.1. The molecule has 0 saturated carbocycles. The predicted molar refractivity (Wildman–Crippen MR) is 69.9 cm³/mol. The van der Waals surface area contributed by atoms with Crippen LogP contribution in [0.2, 0.25) is 0 Å². The molecule has 0 aliphatic carbocycles. The van der Waals surface area contributed by atoms with Crippen LogP contribution in [-0.4, -0.2) is 7.05 Å². The lowest BCUT2D eigenvalue weighted by Crippen LogP contribution is -2.17. The minimum Gasteiger partial charge on any atom is -0.313 e. The molecule has 0 heterocycles. The number of benzene rings is 1. The normalized spacial score (nSPS) is 12.4. The van der Waals surface area contributed by atoms with Crippen molar-refractivity contribution in [1.29, 1.82) is 0 Å². The van der Waals surface area contributed by atoms with Crippen LogP contribution in [0, 0.1) is 5.82 Å². The molecule has 0 aromatic heterocycles. The van der Waals surface area contributed by atoms with E-state index < -0.39 is 0 Å². The lowest BCUT2D eigenvalue weighted by atomic mass is 10.0. The maximum atomic E-state index is 13.7. The first-order chi connectivity index (χ1) is 7.69. The van der Waals surface area contributed by atoms with Gasteiger partial charge in [0.05, 0.1) is 0 Å². The first-order valence-electron chi connectivity index (χ1n) is 5.42. The summed E-state index contributed by atoms with van der Waals surface area (Å²) >= 11 is 3.26. The molecule has 16 heavy (non-hydrogen) atoms. The molecule has 88 valence electrons. The number of unbranched alkanes of at least 4 members (excludes halogenated alkanes) is 1. The molecule has 1 nitrogen and oxygen atoms in total. The summed E-state index contributed by atoms with van der Waals surface area (Å²) in [5.41, 5.74) is 0.731. The molecule has 3 heteroatoms. The van der Waals surface area contributed by atoms with Crippen LogP contribution in [0.1, 0.15) is 30.9 Å². The van der Waals surface area contributed by atoms with E-state index in [0.29, 0.717) is 0 Å². The van der Waals surface area contributed by atoms with Gasteiger partial charge < -0.3 is 5.32 Å². The highest BCUT2D eigenvalue weighted by molar-refractivity contribution is 9.10. The van der Waals surface area contributed by atoms with E-state index in [1.165, 1.54) is 6.07 Å². The second-order valence-corrected chi connectivity index (χ2v) is 4.64. The third-order valence-electron chi connectivity index (χ3n) is 2.59. The molecular weight excluding hydrogens is 269 g/mol. The van der Waals surface area contributed by atoms with Gasteiger partial charge in [-0.1, -0.05) is 28.1 Å². The van der Waals surface area contributed by atoms with Crippen molar-refractivity contribution in [2.45, 2.75) is 25.3 Å². The predicted octanol–water partition coefficient (Wildman–Crippen LogP) is 4.21. The molecule has 0 aliphatic rings. The largest absolute Gasteiger partial charge is 0.313 e. The molecule has 1 aromatic rings. The lowest BCUT2D eigenvalue weighted by molar-refractivity contribution is 0.496. The second kappa shape index (κ2) is 6.81. The summed E-state index contributed by atoms with van der Waals surface area (Å²) in [4.78, 5) is 0. The van der Waals surface area contributed by atoms with Gasteiger partial charge in [-0.3, -0.25) is 0 Å². The number of allylic oxidation sites excluding steroid dienone is 1. The summed E-state index contributed by atoms with van der Waals surface area (Å²) in [6.45, 7) is 3.68. The standard InChI is InChI=1S/C13H17BrFN/c1-3-4-5-6-13(16-2)11-8-7-10(14)9-12(11)15/h3,7-9,13,16H,1,4-6H2,2H3. The molecule has 1 N–H and O–H groups in total. The van der Waals surface area contributed by atoms with Crippen LogP contribution < -0.4 is 5.32 Å². The van der Waals surface area contributed by atoms with Crippen molar-refractivity contribution in [3.8, 4) is 0 Å². The maximum Gasteiger partial charge on any atom is 0.129 e. The Labute approximate surface area is 105 Å². The molecule has 1 atom stereocenters. The van der Waals surface area contributed by atoms with E-state index >= 15 is 0 Å². The van der Waals surface area contributed by atoms with Crippen molar-refractivity contribution in [1.82, 2.24) is 5.32 Å². The highest BCUT2D eigenvalue weighted by Crippen LogP contribution is 2.24. The Balaban J connectivity index is 2.74. The molecule has 0 spiro atoms. The molecule has 0 amide bonds. The fourth-order valence-corrected chi connectivity index (χ4v) is 2.04. The zero-order valence-electron chi connectivity index (χ0n) is 9.47. The highest BCUT2D eigenvalue weighted by atomic mass is 79.9. The Kier molecular flexibility index (Phi) is 5.71. The Hall–Kier alpha value is -0.670. The Bertz CT molecular complexity index is 352. The third kappa shape index (κ3) is 3.72. The molecule has 0 bridgehead atoms. The van der Waals surface area contributed by atoms with Crippen LogP contribution in [0.3, 0.4) is 0 Å². The topological polar surface area (TPSA) is 12.0 Å². The van der Waals surface area contributed by atoms with E-state index in [2.05, 4.69) is 27.8 Å². The average molecular weight is 286 g/mol. The van der Waals surface area contributed by atoms with Crippen molar-refractivity contribution in [2.24, 2.45) is 0 Å². The fourth-order valence-electron chi connectivity index (χ4n) is 1.71. The second-order valence-electron chi connectivity index (χ2n) is 3.73. The van der Waals surface area contributed by atoms with Crippen LogP contribution in [0.25, 0.3) is 0 Å². The Morgan fingerprint density at radius 1 is 1.56 bits per heavy atom. The molecular formula is C13H17BrFN. The van der Waals surface area contributed by atoms with Crippen LogP contribution in [0.15, 0.2) is 35.3 Å². The quantitative estimate of drug-likeness (QED) is 0.610. The number of nitrogens with one attached hydrogen (secondary N) is 1. The monoisotopic (exact) mass is 285 g/mol. The molecule has 0 saturated heterocycles. The minimum atomic E-state index is -0.160. The average Bonchev–Trinajstić information content (AvgIpc) is 2.26. The summed E-state index contributed by atoms with van der Waals surface area (Å²) in [7, 11) is 1.86. The van der Waals surface area contributed by atoms with Gasteiger partial charge in [0.1, 0.15) is 5.82 Å². The Morgan fingerprint density at radius 2 is 2.31 bits per heavy atom. The highest BCUT2D eigenvalue weighted by Gasteiger charge is 2.13. The van der Waals surface area contributed by atoms with E-state index in [9.17, 15) is 4.39 Å². The van der Waals surface area contributed by atoms with E-state index in [4.69, 9.17) is 0 Å². The minimum absolute atomic E-state index is 0.0769. The first-order valence-corrected chi connectivity index (χ1v) is 6.21. The van der Waals surface area contributed by atoms with Gasteiger partial charge in [0.15, 0.2) is 0 Å². The molecule has 1 aromatic carbocycles. The molecule has 1 unspecified atom stereocenters. The fraction of sp³-hybridized carbons (Fsp3) is 0.385. The Morgan fingerprint density at radius 3 is 2.88 bits per heavy atom. The van der Waals surface area contributed by atoms with E-state index in [1.54, 1.807) is 0 Å². The summed E-state index contributed by atoms with van der Waals surface area (Å²) in [5.74, 6) is -0.160. The molecule has 0 radical (unpaired) electrons. The smallest absolute Gasteiger partial charge is 0.129 e. The summed E-state index contributed by atoms with van der Waals surface area (Å²) < 4.78 is 14.5. The van der Waals surface area contributed by atoms with Crippen molar-refractivity contribution >= 4 is 15.9 Å². The van der Waals surface area contributed by atoms with Gasteiger partial charge in [-0.25, -0.2) is 4.39 Å². The molecule has 0 fully saturated rings. The van der Waals surface area contributed by atoms with Crippen LogP contribution in [0.4, 0.5) is 4.39 Å². The van der Waals surface area contributed by atoms with Gasteiger partial charge in [-0.15, -0.1) is 6.58 Å². The van der Waals surface area contributed by atoms with Crippen molar-refractivity contribution < 1.29 is 4.39 Å². The summed E-state index contributed by atoms with van der Waals surface area (Å²) in [5, 5.41) is 3.15. The van der Waals surface area contributed by atoms with Gasteiger partial charge in [-0.05, 0) is 38.4 Å². The van der Waals surface area contributed by atoms with E-state index in [1.807, 2.05) is 25.3 Å². The number of hydrogen-bond acceptors (Lipinski definition) is 1. The van der Waals surface area contributed by atoms with Gasteiger partial charge in [0.2, 0.25) is 0 Å². The summed E-state index contributed by atoms with van der Waals surface area (Å²) in [6.07, 6.45) is 4.80. The summed E-state index contributed by atoms with van der Waals surface area (Å²) in [6, 6.07) is 5.28. The SMILES string of the molecule is C=CCCCC(NC)c1ccc(Br)cc1F. The maximum absolute atomic E-state index is 13.7. The van der Waals surface area contributed by atoms with Gasteiger partial charge in [0, 0.05) is 16.1 Å². The lowest BCUT2D eigenvalue weighted by Gasteiger charge is -2.17. The van der Waals surface area contributed by atoms with Gasteiger partial charge >= 0.3 is 0 Å². The van der Waals surface area contributed by atoms with Crippen LogP contribution >= 0.6 is 15.9 Å². The zero-order chi connectivity index (χ0) is 12.0. The number of rotatable bonds is 6. The van der Waals surface area contributed by atoms with E-state index in [-0.39, 0.29) is 11.9 Å². The third-order valence-corrected chi connectivity index (χ3v) is 3.08. The van der Waals surface area contributed by atoms with E-state index in [0.717, 1.165) is 29.3 Å². The van der Waals surface area contributed by atoms with Crippen molar-refractivity contribution in [3.63, 3.8) is 0 Å². The van der Waals surface area contributed by atoms with Gasteiger partial charge in [0.25, 0.3) is 0 Å². The number of halogens is 2. The molecule has 0 aliphatic heterocycles. The van der Waals surface area contributed by atoms with Crippen LogP contribution in [0.5, 0.6) is 0 Å². The van der Waals surface area contributed by atoms with Crippen molar-refractivity contribution in [2.75, 3.05) is 7.05 Å². The first kappa shape index (κ1) is 13.4. The number of hydrogen-bond donors (Lipinski definition) is 1. The van der Waals surface area contributed by atoms with Crippen LogP contribution in [-0.2, 0) is 0 Å². The van der Waals surface area contributed by atoms with Crippen molar-refractivity contribution in [3.05, 3.63) is 46.7 Å². The van der Waals surface area contributed by atoms with Gasteiger partial charge in [-0.2, -0.15) is 0 Å². The molecule has 1 rings (SSSR count).